The van der Waals surface area contributed by atoms with Crippen LogP contribution in [0.15, 0.2) is 28.7 Å². The van der Waals surface area contributed by atoms with Crippen LogP contribution in [-0.4, -0.2) is 34.6 Å². The third kappa shape index (κ3) is 3.33. The minimum absolute atomic E-state index is 0.0557. The minimum atomic E-state index is -0.630. The van der Waals surface area contributed by atoms with Crippen LogP contribution in [0.1, 0.15) is 36.5 Å². The van der Waals surface area contributed by atoms with E-state index in [0.29, 0.717) is 18.5 Å². The Morgan fingerprint density at radius 2 is 1.94 bits per heavy atom. The molecule has 1 aliphatic heterocycles. The van der Waals surface area contributed by atoms with Gasteiger partial charge >= 0.3 is 0 Å². The van der Waals surface area contributed by atoms with Gasteiger partial charge in [-0.15, -0.1) is 0 Å². The van der Waals surface area contributed by atoms with Crippen LogP contribution in [0.5, 0.6) is 0 Å². The molecule has 0 bridgehead atoms. The van der Waals surface area contributed by atoms with Gasteiger partial charge in [-0.05, 0) is 50.5 Å². The lowest BCUT2D eigenvalue weighted by Crippen LogP contribution is -2.33. The number of aliphatic hydroxyl groups is 1. The van der Waals surface area contributed by atoms with E-state index in [0.717, 1.165) is 23.9 Å². The molecule has 1 saturated heterocycles. The van der Waals surface area contributed by atoms with Gasteiger partial charge in [0.15, 0.2) is 0 Å². The highest BCUT2D eigenvalue weighted by Gasteiger charge is 2.27. The van der Waals surface area contributed by atoms with Crippen molar-refractivity contribution in [2.24, 2.45) is 0 Å². The summed E-state index contributed by atoms with van der Waals surface area (Å²) in [7, 11) is 0. The van der Waals surface area contributed by atoms with Gasteiger partial charge in [0, 0.05) is 23.1 Å². The summed E-state index contributed by atoms with van der Waals surface area (Å²) in [4.78, 5) is 14.1. The average molecular weight is 312 g/mol. The molecule has 1 aliphatic rings. The first kappa shape index (κ1) is 13.6. The molecule has 1 aromatic rings. The van der Waals surface area contributed by atoms with Crippen molar-refractivity contribution in [3.8, 4) is 0 Å². The molecular weight excluding hydrogens is 294 g/mol. The smallest absolute Gasteiger partial charge is 0.253 e. The first-order chi connectivity index (χ1) is 8.48. The second-order valence-corrected chi connectivity index (χ2v) is 6.07. The van der Waals surface area contributed by atoms with E-state index >= 15 is 0 Å². The Labute approximate surface area is 116 Å². The van der Waals surface area contributed by atoms with E-state index in [4.69, 9.17) is 0 Å². The van der Waals surface area contributed by atoms with Crippen LogP contribution >= 0.6 is 15.9 Å². The molecule has 0 saturated carbocycles. The minimum Gasteiger partial charge on any atom is -0.390 e. The SMILES string of the molecule is CC1(O)CCCN(C(=O)c2ccc(Br)cc2)CC1. The molecule has 1 atom stereocenters. The monoisotopic (exact) mass is 311 g/mol. The highest BCUT2D eigenvalue weighted by Crippen LogP contribution is 2.22. The highest BCUT2D eigenvalue weighted by atomic mass is 79.9. The average Bonchev–Trinajstić information content (AvgIpc) is 2.50. The van der Waals surface area contributed by atoms with Gasteiger partial charge in [0.1, 0.15) is 0 Å². The van der Waals surface area contributed by atoms with Gasteiger partial charge in [-0.3, -0.25) is 4.79 Å². The Hall–Kier alpha value is -0.870. The molecule has 0 radical (unpaired) electrons. The van der Waals surface area contributed by atoms with E-state index < -0.39 is 5.60 Å². The Bertz CT molecular complexity index is 428. The lowest BCUT2D eigenvalue weighted by molar-refractivity contribution is 0.0438. The number of carbonyl (C=O) groups is 1. The second-order valence-electron chi connectivity index (χ2n) is 5.15. The number of amides is 1. The van der Waals surface area contributed by atoms with Gasteiger partial charge in [0.25, 0.3) is 5.91 Å². The van der Waals surface area contributed by atoms with Crippen LogP contribution < -0.4 is 0 Å². The number of benzene rings is 1. The number of carbonyl (C=O) groups excluding carboxylic acids is 1. The Morgan fingerprint density at radius 3 is 2.61 bits per heavy atom. The molecule has 1 aromatic carbocycles. The van der Waals surface area contributed by atoms with Gasteiger partial charge in [-0.2, -0.15) is 0 Å². The molecule has 0 aliphatic carbocycles. The van der Waals surface area contributed by atoms with E-state index in [1.807, 2.05) is 36.1 Å². The lowest BCUT2D eigenvalue weighted by atomic mass is 9.98. The maximum atomic E-state index is 12.3. The van der Waals surface area contributed by atoms with Gasteiger partial charge in [0.2, 0.25) is 0 Å². The topological polar surface area (TPSA) is 40.5 Å². The van der Waals surface area contributed by atoms with Gasteiger partial charge in [-0.1, -0.05) is 15.9 Å². The molecule has 0 spiro atoms. The zero-order chi connectivity index (χ0) is 13.2. The predicted octanol–water partition coefficient (Wildman–Crippen LogP) is 2.83. The van der Waals surface area contributed by atoms with Crippen LogP contribution in [0.25, 0.3) is 0 Å². The second kappa shape index (κ2) is 5.41. The Morgan fingerprint density at radius 1 is 1.28 bits per heavy atom. The van der Waals surface area contributed by atoms with E-state index in [2.05, 4.69) is 15.9 Å². The molecule has 1 N–H and O–H groups in total. The van der Waals surface area contributed by atoms with E-state index in [1.54, 1.807) is 0 Å². The maximum Gasteiger partial charge on any atom is 0.253 e. The van der Waals surface area contributed by atoms with Crippen molar-refractivity contribution < 1.29 is 9.90 Å². The van der Waals surface area contributed by atoms with Crippen molar-refractivity contribution in [2.75, 3.05) is 13.1 Å². The molecule has 1 unspecified atom stereocenters. The number of halogens is 1. The molecule has 0 aromatic heterocycles. The summed E-state index contributed by atoms with van der Waals surface area (Å²) in [6.45, 7) is 3.20. The van der Waals surface area contributed by atoms with Crippen LogP contribution in [0, 0.1) is 0 Å². The van der Waals surface area contributed by atoms with Crippen LogP contribution in [0.4, 0.5) is 0 Å². The molecule has 1 amide bonds. The largest absolute Gasteiger partial charge is 0.390 e. The van der Waals surface area contributed by atoms with Crippen molar-refractivity contribution in [1.82, 2.24) is 4.90 Å². The lowest BCUT2D eigenvalue weighted by Gasteiger charge is -2.22. The molecule has 18 heavy (non-hydrogen) atoms. The number of hydrogen-bond donors (Lipinski definition) is 1. The Balaban J connectivity index is 2.07. The molecule has 3 nitrogen and oxygen atoms in total. The summed E-state index contributed by atoms with van der Waals surface area (Å²) in [5, 5.41) is 10.0. The third-order valence-electron chi connectivity index (χ3n) is 3.44. The first-order valence-electron chi connectivity index (χ1n) is 6.25. The quantitative estimate of drug-likeness (QED) is 0.866. The van der Waals surface area contributed by atoms with Crippen molar-refractivity contribution in [2.45, 2.75) is 31.8 Å². The molecule has 1 heterocycles. The fourth-order valence-electron chi connectivity index (χ4n) is 2.24. The zero-order valence-electron chi connectivity index (χ0n) is 10.5. The van der Waals surface area contributed by atoms with E-state index in [-0.39, 0.29) is 5.91 Å². The summed E-state index contributed by atoms with van der Waals surface area (Å²) >= 11 is 3.36. The summed E-state index contributed by atoms with van der Waals surface area (Å²) < 4.78 is 0.970. The van der Waals surface area contributed by atoms with Crippen molar-refractivity contribution >= 4 is 21.8 Å². The highest BCUT2D eigenvalue weighted by molar-refractivity contribution is 9.10. The van der Waals surface area contributed by atoms with E-state index in [9.17, 15) is 9.90 Å². The Kier molecular flexibility index (Phi) is 4.07. The van der Waals surface area contributed by atoms with Crippen LogP contribution in [0.2, 0.25) is 0 Å². The fraction of sp³-hybridized carbons (Fsp3) is 0.500. The normalized spacial score (nSPS) is 24.7. The zero-order valence-corrected chi connectivity index (χ0v) is 12.1. The maximum absolute atomic E-state index is 12.3. The fourth-order valence-corrected chi connectivity index (χ4v) is 2.51. The summed E-state index contributed by atoms with van der Waals surface area (Å²) in [6, 6.07) is 7.41. The predicted molar refractivity (Wildman–Crippen MR) is 74.5 cm³/mol. The van der Waals surface area contributed by atoms with Crippen molar-refractivity contribution in [1.29, 1.82) is 0 Å². The molecule has 2 rings (SSSR count). The molecular formula is C14H18BrNO2. The van der Waals surface area contributed by atoms with E-state index in [1.165, 1.54) is 0 Å². The van der Waals surface area contributed by atoms with Gasteiger partial charge in [-0.25, -0.2) is 0 Å². The third-order valence-corrected chi connectivity index (χ3v) is 3.97. The number of hydrogen-bond acceptors (Lipinski definition) is 2. The van der Waals surface area contributed by atoms with Gasteiger partial charge < -0.3 is 10.0 Å². The summed E-state index contributed by atoms with van der Waals surface area (Å²) in [5.74, 6) is 0.0557. The standard InChI is InChI=1S/C14H18BrNO2/c1-14(18)7-2-9-16(10-8-14)13(17)11-3-5-12(15)6-4-11/h3-6,18H,2,7-10H2,1H3. The molecule has 4 heteroatoms. The number of rotatable bonds is 1. The molecule has 98 valence electrons. The summed E-state index contributed by atoms with van der Waals surface area (Å²) in [5.41, 5.74) is 0.0779. The first-order valence-corrected chi connectivity index (χ1v) is 7.04. The van der Waals surface area contributed by atoms with Crippen LogP contribution in [-0.2, 0) is 0 Å². The van der Waals surface area contributed by atoms with Crippen LogP contribution in [0.3, 0.4) is 0 Å². The summed E-state index contributed by atoms with van der Waals surface area (Å²) in [6.07, 6.45) is 2.27. The number of likely N-dealkylation sites (tertiary alicyclic amines) is 1. The van der Waals surface area contributed by atoms with Crippen molar-refractivity contribution in [3.05, 3.63) is 34.3 Å². The van der Waals surface area contributed by atoms with Crippen molar-refractivity contribution in [3.63, 3.8) is 0 Å². The molecule has 1 fully saturated rings. The number of nitrogens with zero attached hydrogens (tertiary/aromatic N) is 1. The van der Waals surface area contributed by atoms with Gasteiger partial charge in [0.05, 0.1) is 5.60 Å².